The van der Waals surface area contributed by atoms with Crippen LogP contribution < -0.4 is 0 Å². The van der Waals surface area contributed by atoms with E-state index in [4.69, 9.17) is 0 Å². The molecule has 0 heterocycles. The lowest BCUT2D eigenvalue weighted by atomic mass is 10.3. The van der Waals surface area contributed by atoms with Gasteiger partial charge in [-0.1, -0.05) is 6.08 Å². The first-order valence-corrected chi connectivity index (χ1v) is 3.69. The third-order valence-corrected chi connectivity index (χ3v) is 1.53. The van der Waals surface area contributed by atoms with Gasteiger partial charge in [0.25, 0.3) is 0 Å². The second-order valence-corrected chi connectivity index (χ2v) is 2.76. The molecule has 0 N–H and O–H groups in total. The normalized spacial score (nSPS) is 18.0. The smallest absolute Gasteiger partial charge is 0.0499 e. The molecule has 0 saturated heterocycles. The van der Waals surface area contributed by atoms with Crippen molar-refractivity contribution < 1.29 is 0 Å². The minimum absolute atomic E-state index is 1.21. The maximum absolute atomic E-state index is 4.15. The highest BCUT2D eigenvalue weighted by atomic mass is 15.4. The Labute approximate surface area is 62.2 Å². The molecule has 2 heteroatoms. The Morgan fingerprint density at radius 1 is 1.60 bits per heavy atom. The van der Waals surface area contributed by atoms with E-state index >= 15 is 0 Å². The van der Waals surface area contributed by atoms with Gasteiger partial charge in [0.15, 0.2) is 0 Å². The standard InChI is InChI=1S/C8H14N2/c1-10(2)9-7-8-5-3-4-6-8/h5,7H,3-4,6H2,1-2H3/b9-7+. The van der Waals surface area contributed by atoms with Gasteiger partial charge < -0.3 is 5.01 Å². The molecule has 0 bridgehead atoms. The van der Waals surface area contributed by atoms with Gasteiger partial charge in [-0.15, -0.1) is 0 Å². The monoisotopic (exact) mass is 138 g/mol. The Balaban J connectivity index is 2.37. The molecule has 0 aromatic heterocycles. The zero-order valence-electron chi connectivity index (χ0n) is 6.67. The number of rotatable bonds is 2. The molecule has 56 valence electrons. The van der Waals surface area contributed by atoms with E-state index in [0.717, 1.165) is 0 Å². The van der Waals surface area contributed by atoms with E-state index in [0.29, 0.717) is 0 Å². The summed E-state index contributed by atoms with van der Waals surface area (Å²) in [6, 6.07) is 0. The molecule has 0 atom stereocenters. The van der Waals surface area contributed by atoms with Crippen LogP contribution in [0.1, 0.15) is 19.3 Å². The highest BCUT2D eigenvalue weighted by molar-refractivity contribution is 5.78. The van der Waals surface area contributed by atoms with Gasteiger partial charge in [0.1, 0.15) is 0 Å². The fourth-order valence-electron chi connectivity index (χ4n) is 1.00. The van der Waals surface area contributed by atoms with Gasteiger partial charge in [0.2, 0.25) is 0 Å². The fourth-order valence-corrected chi connectivity index (χ4v) is 1.00. The average molecular weight is 138 g/mol. The van der Waals surface area contributed by atoms with Crippen LogP contribution in [0.2, 0.25) is 0 Å². The third-order valence-electron chi connectivity index (χ3n) is 1.53. The van der Waals surface area contributed by atoms with E-state index in [1.807, 2.05) is 25.3 Å². The molecule has 1 aliphatic rings. The minimum atomic E-state index is 1.21. The molecule has 0 amide bonds. The highest BCUT2D eigenvalue weighted by Crippen LogP contribution is 2.15. The van der Waals surface area contributed by atoms with Crippen LogP contribution in [-0.4, -0.2) is 25.3 Å². The first-order valence-electron chi connectivity index (χ1n) is 3.69. The van der Waals surface area contributed by atoms with Crippen molar-refractivity contribution in [1.29, 1.82) is 0 Å². The summed E-state index contributed by atoms with van der Waals surface area (Å²) in [5, 5.41) is 5.97. The van der Waals surface area contributed by atoms with Crippen molar-refractivity contribution in [2.45, 2.75) is 19.3 Å². The van der Waals surface area contributed by atoms with Crippen molar-refractivity contribution in [3.8, 4) is 0 Å². The number of hydrazone groups is 1. The van der Waals surface area contributed by atoms with Crippen molar-refractivity contribution in [2.24, 2.45) is 5.10 Å². The summed E-state index contributed by atoms with van der Waals surface area (Å²) in [6.07, 6.45) is 7.95. The van der Waals surface area contributed by atoms with Crippen LogP contribution in [0.3, 0.4) is 0 Å². The second kappa shape index (κ2) is 3.40. The first kappa shape index (κ1) is 7.32. The Kier molecular flexibility index (Phi) is 2.49. The van der Waals surface area contributed by atoms with Gasteiger partial charge in [0, 0.05) is 20.3 Å². The van der Waals surface area contributed by atoms with Crippen LogP contribution >= 0.6 is 0 Å². The predicted molar refractivity (Wildman–Crippen MR) is 44.1 cm³/mol. The van der Waals surface area contributed by atoms with Gasteiger partial charge in [-0.3, -0.25) is 0 Å². The summed E-state index contributed by atoms with van der Waals surface area (Å²) in [5.74, 6) is 0. The van der Waals surface area contributed by atoms with Crippen molar-refractivity contribution >= 4 is 6.21 Å². The summed E-state index contributed by atoms with van der Waals surface area (Å²) < 4.78 is 0. The average Bonchev–Trinajstić information content (AvgIpc) is 2.34. The molecule has 2 nitrogen and oxygen atoms in total. The lowest BCUT2D eigenvalue weighted by molar-refractivity contribution is 0.440. The number of hydrogen-bond acceptors (Lipinski definition) is 2. The zero-order chi connectivity index (χ0) is 7.40. The van der Waals surface area contributed by atoms with Crippen molar-refractivity contribution in [3.05, 3.63) is 11.6 Å². The topological polar surface area (TPSA) is 15.6 Å². The SMILES string of the molecule is CN(C)/N=C/C1=CCCC1. The van der Waals surface area contributed by atoms with Crippen LogP contribution in [-0.2, 0) is 0 Å². The number of nitrogens with zero attached hydrogens (tertiary/aromatic N) is 2. The van der Waals surface area contributed by atoms with E-state index in [1.165, 1.54) is 24.8 Å². The summed E-state index contributed by atoms with van der Waals surface area (Å²) in [6.45, 7) is 0. The van der Waals surface area contributed by atoms with Crippen LogP contribution in [0, 0.1) is 0 Å². The Hall–Kier alpha value is -0.790. The number of hydrogen-bond donors (Lipinski definition) is 0. The van der Waals surface area contributed by atoms with Gasteiger partial charge in [0.05, 0.1) is 0 Å². The van der Waals surface area contributed by atoms with Gasteiger partial charge >= 0.3 is 0 Å². The second-order valence-electron chi connectivity index (χ2n) is 2.76. The molecule has 1 aliphatic carbocycles. The molecule has 0 fully saturated rings. The van der Waals surface area contributed by atoms with Gasteiger partial charge in [-0.05, 0) is 24.8 Å². The fraction of sp³-hybridized carbons (Fsp3) is 0.625. The van der Waals surface area contributed by atoms with Crippen LogP contribution in [0.15, 0.2) is 16.8 Å². The maximum Gasteiger partial charge on any atom is 0.0499 e. The van der Waals surface area contributed by atoms with Crippen LogP contribution in [0.5, 0.6) is 0 Å². The third kappa shape index (κ3) is 2.21. The lowest BCUT2D eigenvalue weighted by Crippen LogP contribution is -2.01. The van der Waals surface area contributed by atoms with Gasteiger partial charge in [-0.2, -0.15) is 5.10 Å². The van der Waals surface area contributed by atoms with E-state index < -0.39 is 0 Å². The summed E-state index contributed by atoms with van der Waals surface area (Å²) in [4.78, 5) is 0. The first-order chi connectivity index (χ1) is 4.79. The van der Waals surface area contributed by atoms with E-state index in [9.17, 15) is 0 Å². The van der Waals surface area contributed by atoms with Gasteiger partial charge in [-0.25, -0.2) is 0 Å². The molecular weight excluding hydrogens is 124 g/mol. The minimum Gasteiger partial charge on any atom is -0.303 e. The number of allylic oxidation sites excluding steroid dienone is 2. The predicted octanol–water partition coefficient (Wildman–Crippen LogP) is 1.64. The molecule has 0 aromatic rings. The van der Waals surface area contributed by atoms with Crippen molar-refractivity contribution in [2.75, 3.05) is 14.1 Å². The molecule has 0 aromatic carbocycles. The van der Waals surface area contributed by atoms with Crippen LogP contribution in [0.4, 0.5) is 0 Å². The van der Waals surface area contributed by atoms with Crippen LogP contribution in [0.25, 0.3) is 0 Å². The quantitative estimate of drug-likeness (QED) is 0.418. The molecule has 0 radical (unpaired) electrons. The molecule has 10 heavy (non-hydrogen) atoms. The highest BCUT2D eigenvalue weighted by Gasteiger charge is 2.00. The van der Waals surface area contributed by atoms with E-state index in [1.54, 1.807) is 0 Å². The van der Waals surface area contributed by atoms with Crippen molar-refractivity contribution in [1.82, 2.24) is 5.01 Å². The molecule has 0 saturated carbocycles. The largest absolute Gasteiger partial charge is 0.303 e. The Morgan fingerprint density at radius 3 is 2.90 bits per heavy atom. The maximum atomic E-state index is 4.15. The van der Waals surface area contributed by atoms with Crippen molar-refractivity contribution in [3.63, 3.8) is 0 Å². The molecular formula is C8H14N2. The Morgan fingerprint density at radius 2 is 2.40 bits per heavy atom. The summed E-state index contributed by atoms with van der Waals surface area (Å²) in [7, 11) is 3.87. The van der Waals surface area contributed by atoms with E-state index in [2.05, 4.69) is 11.2 Å². The molecule has 0 unspecified atom stereocenters. The molecule has 0 spiro atoms. The summed E-state index contributed by atoms with van der Waals surface area (Å²) in [5.41, 5.74) is 1.38. The summed E-state index contributed by atoms with van der Waals surface area (Å²) >= 11 is 0. The molecule has 0 aliphatic heterocycles. The molecule has 1 rings (SSSR count). The zero-order valence-corrected chi connectivity index (χ0v) is 6.67. The van der Waals surface area contributed by atoms with E-state index in [-0.39, 0.29) is 0 Å². The Bertz CT molecular complexity index is 157. The lowest BCUT2D eigenvalue weighted by Gasteiger charge is -2.01.